The van der Waals surface area contributed by atoms with E-state index in [4.69, 9.17) is 11.5 Å². The van der Waals surface area contributed by atoms with Crippen LogP contribution in [0.25, 0.3) is 56.3 Å². The summed E-state index contributed by atoms with van der Waals surface area (Å²) in [6, 6.07) is 42.7. The van der Waals surface area contributed by atoms with E-state index in [1.807, 2.05) is 12.2 Å². The molecule has 6 aromatic rings. The second-order valence-electron chi connectivity index (χ2n) is 12.3. The highest BCUT2D eigenvalue weighted by Gasteiger charge is 2.52. The SMILES string of the molecule is C=C/C(N)=C(/N)C=C.C=Cc1c(-c2ccc(C)cc2)cc2c(c1C=C)-c1c(ccc3ccccc13)C21c2ccccc2-c2ccccc21. The summed E-state index contributed by atoms with van der Waals surface area (Å²) in [7, 11) is 0. The van der Waals surface area contributed by atoms with E-state index in [-0.39, 0.29) is 0 Å². The second kappa shape index (κ2) is 11.9. The summed E-state index contributed by atoms with van der Waals surface area (Å²) in [4.78, 5) is 0. The summed E-state index contributed by atoms with van der Waals surface area (Å²) >= 11 is 0. The topological polar surface area (TPSA) is 52.0 Å². The van der Waals surface area contributed by atoms with Crippen molar-refractivity contribution in [3.8, 4) is 33.4 Å². The molecule has 2 aliphatic rings. The molecule has 0 unspecified atom stereocenters. The van der Waals surface area contributed by atoms with Gasteiger partial charge < -0.3 is 11.5 Å². The molecule has 2 nitrogen and oxygen atoms in total. The van der Waals surface area contributed by atoms with Crippen molar-refractivity contribution in [3.05, 3.63) is 204 Å². The van der Waals surface area contributed by atoms with Crippen molar-refractivity contribution >= 4 is 22.9 Å². The van der Waals surface area contributed by atoms with Crippen molar-refractivity contribution in [1.29, 1.82) is 0 Å². The molecule has 232 valence electrons. The van der Waals surface area contributed by atoms with Gasteiger partial charge in [-0.15, -0.1) is 0 Å². The van der Waals surface area contributed by atoms with E-state index in [1.54, 1.807) is 0 Å². The molecule has 6 aromatic carbocycles. The van der Waals surface area contributed by atoms with Gasteiger partial charge in [-0.2, -0.15) is 0 Å². The molecule has 2 aliphatic carbocycles. The Morgan fingerprint density at radius 2 is 1.10 bits per heavy atom. The van der Waals surface area contributed by atoms with Crippen LogP contribution >= 0.6 is 0 Å². The minimum absolute atomic E-state index is 0.418. The molecule has 0 radical (unpaired) electrons. The Labute approximate surface area is 283 Å². The number of hydrogen-bond acceptors (Lipinski definition) is 2. The Balaban J connectivity index is 0.000000408. The lowest BCUT2D eigenvalue weighted by Crippen LogP contribution is -2.26. The minimum Gasteiger partial charge on any atom is -0.397 e. The Morgan fingerprint density at radius 3 is 1.69 bits per heavy atom. The Morgan fingerprint density at radius 1 is 0.542 bits per heavy atom. The predicted octanol–water partition coefficient (Wildman–Crippen LogP) is 10.9. The van der Waals surface area contributed by atoms with Crippen LogP contribution in [0.15, 0.2) is 165 Å². The maximum atomic E-state index is 5.29. The summed E-state index contributed by atoms with van der Waals surface area (Å²) in [5.41, 5.74) is 27.6. The van der Waals surface area contributed by atoms with Crippen LogP contribution in [-0.2, 0) is 5.41 Å². The molecule has 0 saturated carbocycles. The average Bonchev–Trinajstić information content (AvgIpc) is 3.61. The Bertz CT molecular complexity index is 2270. The van der Waals surface area contributed by atoms with Gasteiger partial charge in [0.15, 0.2) is 0 Å². The molecular weight excluding hydrogens is 581 g/mol. The van der Waals surface area contributed by atoms with Crippen LogP contribution in [0, 0.1) is 6.92 Å². The third-order valence-electron chi connectivity index (χ3n) is 9.89. The predicted molar refractivity (Wildman–Crippen MR) is 206 cm³/mol. The quantitative estimate of drug-likeness (QED) is 0.189. The molecule has 48 heavy (non-hydrogen) atoms. The zero-order valence-corrected chi connectivity index (χ0v) is 27.3. The number of benzene rings is 6. The maximum absolute atomic E-state index is 5.29. The van der Waals surface area contributed by atoms with Crippen molar-refractivity contribution in [2.45, 2.75) is 12.3 Å². The Hall–Kier alpha value is -6.12. The normalized spacial score (nSPS) is 13.3. The Kier molecular flexibility index (Phi) is 7.58. The molecule has 0 fully saturated rings. The molecule has 0 heterocycles. The first-order valence-electron chi connectivity index (χ1n) is 16.2. The monoisotopic (exact) mass is 618 g/mol. The average molecular weight is 619 g/mol. The summed E-state index contributed by atoms with van der Waals surface area (Å²) < 4.78 is 0. The maximum Gasteiger partial charge on any atom is 0.0726 e. The van der Waals surface area contributed by atoms with Gasteiger partial charge in [-0.3, -0.25) is 0 Å². The van der Waals surface area contributed by atoms with E-state index in [2.05, 4.69) is 149 Å². The van der Waals surface area contributed by atoms with Crippen molar-refractivity contribution in [3.63, 3.8) is 0 Å². The van der Waals surface area contributed by atoms with E-state index < -0.39 is 5.41 Å². The molecule has 0 aliphatic heterocycles. The second-order valence-corrected chi connectivity index (χ2v) is 12.3. The molecule has 4 N–H and O–H groups in total. The van der Waals surface area contributed by atoms with Crippen LogP contribution in [-0.4, -0.2) is 0 Å². The van der Waals surface area contributed by atoms with Crippen molar-refractivity contribution in [2.75, 3.05) is 0 Å². The van der Waals surface area contributed by atoms with Crippen LogP contribution < -0.4 is 11.5 Å². The van der Waals surface area contributed by atoms with E-state index in [9.17, 15) is 0 Å². The van der Waals surface area contributed by atoms with Gasteiger partial charge in [0.1, 0.15) is 0 Å². The summed E-state index contributed by atoms with van der Waals surface area (Å²) in [6.07, 6.45) is 7.03. The first-order chi connectivity index (χ1) is 23.4. The summed E-state index contributed by atoms with van der Waals surface area (Å²) in [5, 5.41) is 2.53. The van der Waals surface area contributed by atoms with Gasteiger partial charge in [-0.25, -0.2) is 0 Å². The molecule has 0 amide bonds. The zero-order valence-electron chi connectivity index (χ0n) is 27.3. The van der Waals surface area contributed by atoms with E-state index in [1.165, 1.54) is 84.1 Å². The highest BCUT2D eigenvalue weighted by atomic mass is 14.7. The van der Waals surface area contributed by atoms with E-state index in [0.717, 1.165) is 11.1 Å². The van der Waals surface area contributed by atoms with Gasteiger partial charge in [0.05, 0.1) is 16.8 Å². The van der Waals surface area contributed by atoms with Crippen molar-refractivity contribution in [1.82, 2.24) is 0 Å². The summed E-state index contributed by atoms with van der Waals surface area (Å²) in [5.74, 6) is 0. The third kappa shape index (κ3) is 4.34. The van der Waals surface area contributed by atoms with Gasteiger partial charge in [0, 0.05) is 0 Å². The van der Waals surface area contributed by atoms with Crippen molar-refractivity contribution in [2.24, 2.45) is 11.5 Å². The fourth-order valence-corrected chi connectivity index (χ4v) is 7.74. The number of aryl methyl sites for hydroxylation is 1. The third-order valence-corrected chi connectivity index (χ3v) is 9.89. The highest BCUT2D eigenvalue weighted by Crippen LogP contribution is 2.65. The molecule has 1 spiro atoms. The fourth-order valence-electron chi connectivity index (χ4n) is 7.74. The molecule has 0 atom stereocenters. The number of nitrogens with two attached hydrogens (primary N) is 2. The van der Waals surface area contributed by atoms with Crippen molar-refractivity contribution < 1.29 is 0 Å². The van der Waals surface area contributed by atoms with Gasteiger partial charge in [0.25, 0.3) is 0 Å². The molecule has 0 saturated heterocycles. The largest absolute Gasteiger partial charge is 0.397 e. The first-order valence-corrected chi connectivity index (χ1v) is 16.2. The minimum atomic E-state index is -0.418. The lowest BCUT2D eigenvalue weighted by Gasteiger charge is -2.31. The van der Waals surface area contributed by atoms with Gasteiger partial charge in [0.2, 0.25) is 0 Å². The molecule has 8 rings (SSSR count). The summed E-state index contributed by atoms with van der Waals surface area (Å²) in [6.45, 7) is 17.7. The highest BCUT2D eigenvalue weighted by molar-refractivity contribution is 6.09. The lowest BCUT2D eigenvalue weighted by atomic mass is 9.69. The molecule has 0 aromatic heterocycles. The van der Waals surface area contributed by atoms with Crippen LogP contribution in [0.2, 0.25) is 0 Å². The van der Waals surface area contributed by atoms with Gasteiger partial charge in [-0.1, -0.05) is 153 Å². The molecular formula is C46H38N2. The first kappa shape index (κ1) is 30.5. The van der Waals surface area contributed by atoms with Gasteiger partial charge >= 0.3 is 0 Å². The van der Waals surface area contributed by atoms with Crippen LogP contribution in [0.4, 0.5) is 0 Å². The van der Waals surface area contributed by atoms with Gasteiger partial charge in [-0.05, 0) is 103 Å². The van der Waals surface area contributed by atoms with Crippen LogP contribution in [0.1, 0.15) is 38.9 Å². The number of hydrogen-bond donors (Lipinski definition) is 2. The number of rotatable bonds is 5. The number of fused-ring (bicyclic) bond motifs is 12. The van der Waals surface area contributed by atoms with E-state index >= 15 is 0 Å². The van der Waals surface area contributed by atoms with Crippen LogP contribution in [0.5, 0.6) is 0 Å². The smallest absolute Gasteiger partial charge is 0.0726 e. The van der Waals surface area contributed by atoms with E-state index in [0.29, 0.717) is 11.4 Å². The van der Waals surface area contributed by atoms with Crippen LogP contribution in [0.3, 0.4) is 0 Å². The molecule has 2 heteroatoms. The number of allylic oxidation sites excluding steroid dienone is 2. The lowest BCUT2D eigenvalue weighted by molar-refractivity contribution is 0.794. The zero-order chi connectivity index (χ0) is 33.6. The fraction of sp³-hybridized carbons (Fsp3) is 0.0435. The molecule has 0 bridgehead atoms. The standard InChI is InChI=1S/C40H28.C6H10N2/c1-4-28-29(5-2)38-37(24-33(28)27-20-18-25(3)19-21-27)40(36-23-22-26-12-6-7-13-30(26)39(36)38)34-16-10-8-14-31(34)32-15-9-11-17-35(32)40;1-3-5(7)6(8)4-2/h4-24H,1-2H2,3H3;3-4H,1-2,7-8H2/b;6-5-.